The maximum atomic E-state index is 12.8. The number of aliphatic imine (C=N–C) groups is 1. The molecular weight excluding hydrogens is 394 g/mol. The second-order valence-electron chi connectivity index (χ2n) is 9.79. The first-order valence-electron chi connectivity index (χ1n) is 11.4. The normalized spacial score (nSPS) is 33.8. The maximum absolute atomic E-state index is 12.8. The van der Waals surface area contributed by atoms with E-state index in [-0.39, 0.29) is 11.8 Å². The number of likely N-dealkylation sites (tertiary alicyclic amines) is 1. The van der Waals surface area contributed by atoms with Crippen LogP contribution in [0.3, 0.4) is 0 Å². The van der Waals surface area contributed by atoms with Crippen molar-refractivity contribution in [1.82, 2.24) is 10.2 Å². The number of hydrogen-bond acceptors (Lipinski definition) is 4. The second kappa shape index (κ2) is 8.03. The molecule has 1 aromatic carbocycles. The first kappa shape index (κ1) is 20.1. The summed E-state index contributed by atoms with van der Waals surface area (Å²) in [6.07, 6.45) is 8.05. The van der Waals surface area contributed by atoms with Crippen LogP contribution in [0.15, 0.2) is 35.3 Å². The summed E-state index contributed by atoms with van der Waals surface area (Å²) in [5.74, 6) is 2.24. The highest BCUT2D eigenvalue weighted by atomic mass is 32.2. The molecule has 0 spiro atoms. The Morgan fingerprint density at radius 2 is 1.93 bits per heavy atom. The first-order chi connectivity index (χ1) is 14.5. The number of rotatable bonds is 4. The Morgan fingerprint density at radius 1 is 1.17 bits per heavy atom. The predicted octanol–water partition coefficient (Wildman–Crippen LogP) is 4.10. The molecule has 4 aliphatic rings. The molecule has 1 N–H and O–H groups in total. The molecule has 2 heterocycles. The van der Waals surface area contributed by atoms with E-state index in [0.29, 0.717) is 12.0 Å². The fraction of sp³-hybridized carbons (Fsp3) is 0.625. The fourth-order valence-corrected chi connectivity index (χ4v) is 7.13. The van der Waals surface area contributed by atoms with E-state index in [9.17, 15) is 9.59 Å². The molecule has 1 saturated heterocycles. The van der Waals surface area contributed by atoms with Gasteiger partial charge in [0.25, 0.3) is 11.8 Å². The van der Waals surface area contributed by atoms with Crippen LogP contribution in [0.2, 0.25) is 0 Å². The monoisotopic (exact) mass is 425 g/mol. The van der Waals surface area contributed by atoms with Crippen molar-refractivity contribution in [3.05, 3.63) is 35.9 Å². The Morgan fingerprint density at radius 3 is 2.60 bits per heavy atom. The summed E-state index contributed by atoms with van der Waals surface area (Å²) >= 11 is 1.64. The number of amidine groups is 1. The SMILES string of the molecule is CC1(CC2CCN(C(=O)c3ccccc3)CC2)SC(N[C@H]2C[C@H]3CC[C@H]2C3)=NC1=O. The molecule has 5 rings (SSSR count). The van der Waals surface area contributed by atoms with Crippen molar-refractivity contribution in [2.75, 3.05) is 13.1 Å². The van der Waals surface area contributed by atoms with Gasteiger partial charge in [-0.2, -0.15) is 4.99 Å². The van der Waals surface area contributed by atoms with Gasteiger partial charge in [-0.3, -0.25) is 9.59 Å². The molecule has 0 aromatic heterocycles. The number of carbonyl (C=O) groups is 2. The third-order valence-corrected chi connectivity index (χ3v) is 8.82. The molecule has 1 unspecified atom stereocenters. The van der Waals surface area contributed by atoms with E-state index in [4.69, 9.17) is 0 Å². The van der Waals surface area contributed by atoms with Crippen LogP contribution in [0, 0.1) is 17.8 Å². The number of nitrogens with one attached hydrogen (secondary N) is 1. The van der Waals surface area contributed by atoms with E-state index in [1.807, 2.05) is 35.2 Å². The van der Waals surface area contributed by atoms with Crippen molar-refractivity contribution in [3.63, 3.8) is 0 Å². The molecule has 3 fully saturated rings. The molecule has 2 aliphatic carbocycles. The van der Waals surface area contributed by atoms with Gasteiger partial charge in [-0.25, -0.2) is 0 Å². The van der Waals surface area contributed by atoms with Crippen LogP contribution >= 0.6 is 11.8 Å². The fourth-order valence-electron chi connectivity index (χ4n) is 5.92. The quantitative estimate of drug-likeness (QED) is 0.789. The summed E-state index contributed by atoms with van der Waals surface area (Å²) < 4.78 is -0.462. The highest BCUT2D eigenvalue weighted by molar-refractivity contribution is 8.16. The average Bonchev–Trinajstić information content (AvgIpc) is 3.44. The van der Waals surface area contributed by atoms with E-state index in [1.54, 1.807) is 11.8 Å². The smallest absolute Gasteiger partial charge is 0.264 e. The van der Waals surface area contributed by atoms with E-state index in [1.165, 1.54) is 25.7 Å². The molecule has 5 nitrogen and oxygen atoms in total. The lowest BCUT2D eigenvalue weighted by Crippen LogP contribution is -2.41. The number of piperidine rings is 1. The molecule has 1 aromatic rings. The van der Waals surface area contributed by atoms with Crippen molar-refractivity contribution in [1.29, 1.82) is 0 Å². The lowest BCUT2D eigenvalue weighted by Gasteiger charge is -2.35. The van der Waals surface area contributed by atoms with Gasteiger partial charge in [0.1, 0.15) is 4.75 Å². The standard InChI is InChI=1S/C24H31N3O2S/c1-24(22(29)26-23(30-24)25-20-14-17-7-8-19(20)13-17)15-16-9-11-27(12-10-16)21(28)18-5-3-2-4-6-18/h2-6,16-17,19-20H,7-15H2,1H3,(H,25,26,29)/t17-,19-,20-,24?/m0/s1. The summed E-state index contributed by atoms with van der Waals surface area (Å²) in [6, 6.07) is 10.0. The molecule has 0 radical (unpaired) electrons. The van der Waals surface area contributed by atoms with Crippen molar-refractivity contribution in [2.45, 2.75) is 62.7 Å². The molecule has 160 valence electrons. The van der Waals surface area contributed by atoms with E-state index in [2.05, 4.69) is 17.2 Å². The predicted molar refractivity (Wildman–Crippen MR) is 120 cm³/mol. The third-order valence-electron chi connectivity index (χ3n) is 7.63. The van der Waals surface area contributed by atoms with E-state index in [0.717, 1.165) is 54.9 Å². The Kier molecular flexibility index (Phi) is 5.38. The summed E-state index contributed by atoms with van der Waals surface area (Å²) in [7, 11) is 0. The zero-order valence-electron chi connectivity index (χ0n) is 17.7. The molecule has 2 aliphatic heterocycles. The van der Waals surface area contributed by atoms with Crippen LogP contribution in [0.4, 0.5) is 0 Å². The molecule has 4 atom stereocenters. The van der Waals surface area contributed by atoms with Gasteiger partial charge in [0.05, 0.1) is 0 Å². The van der Waals surface area contributed by atoms with Crippen LogP contribution in [0.1, 0.15) is 62.2 Å². The summed E-state index contributed by atoms with van der Waals surface area (Å²) in [5, 5.41) is 4.46. The Labute approximate surface area is 183 Å². The van der Waals surface area contributed by atoms with Gasteiger partial charge in [0.2, 0.25) is 0 Å². The van der Waals surface area contributed by atoms with Crippen molar-refractivity contribution < 1.29 is 9.59 Å². The number of benzene rings is 1. The van der Waals surface area contributed by atoms with E-state index < -0.39 is 4.75 Å². The van der Waals surface area contributed by atoms with Gasteiger partial charge < -0.3 is 10.2 Å². The van der Waals surface area contributed by atoms with Crippen LogP contribution in [0.5, 0.6) is 0 Å². The second-order valence-corrected chi connectivity index (χ2v) is 11.3. The zero-order valence-corrected chi connectivity index (χ0v) is 18.5. The Bertz CT molecular complexity index is 849. The van der Waals surface area contributed by atoms with Gasteiger partial charge >= 0.3 is 0 Å². The minimum absolute atomic E-state index is 0.0148. The van der Waals surface area contributed by atoms with Crippen LogP contribution in [-0.4, -0.2) is 45.8 Å². The van der Waals surface area contributed by atoms with Gasteiger partial charge in [-0.1, -0.05) is 36.4 Å². The Hall–Kier alpha value is -1.82. The Balaban J connectivity index is 1.13. The average molecular weight is 426 g/mol. The van der Waals surface area contributed by atoms with Gasteiger partial charge in [0, 0.05) is 24.7 Å². The number of amides is 2. The van der Waals surface area contributed by atoms with Gasteiger partial charge in [0.15, 0.2) is 5.17 Å². The lowest BCUT2D eigenvalue weighted by molar-refractivity contribution is -0.119. The molecule has 30 heavy (non-hydrogen) atoms. The molecule has 2 amide bonds. The summed E-state index contributed by atoms with van der Waals surface area (Å²) in [4.78, 5) is 31.8. The highest BCUT2D eigenvalue weighted by Gasteiger charge is 2.46. The van der Waals surface area contributed by atoms with Gasteiger partial charge in [-0.15, -0.1) is 0 Å². The van der Waals surface area contributed by atoms with Crippen LogP contribution in [0.25, 0.3) is 0 Å². The third kappa shape index (κ3) is 3.91. The summed E-state index contributed by atoms with van der Waals surface area (Å²) in [5.41, 5.74) is 0.758. The number of nitrogens with zero attached hydrogens (tertiary/aromatic N) is 2. The van der Waals surface area contributed by atoms with Gasteiger partial charge in [-0.05, 0) is 75.3 Å². The van der Waals surface area contributed by atoms with E-state index >= 15 is 0 Å². The zero-order chi connectivity index (χ0) is 20.7. The number of carbonyl (C=O) groups excluding carboxylic acids is 2. The highest BCUT2D eigenvalue weighted by Crippen LogP contribution is 2.46. The van der Waals surface area contributed by atoms with Crippen molar-refractivity contribution >= 4 is 28.7 Å². The number of fused-ring (bicyclic) bond motifs is 2. The number of thioether (sulfide) groups is 1. The minimum Gasteiger partial charge on any atom is -0.361 e. The topological polar surface area (TPSA) is 61.8 Å². The first-order valence-corrected chi connectivity index (χ1v) is 12.2. The van der Waals surface area contributed by atoms with Crippen molar-refractivity contribution in [3.8, 4) is 0 Å². The number of hydrogen-bond donors (Lipinski definition) is 1. The largest absolute Gasteiger partial charge is 0.361 e. The van der Waals surface area contributed by atoms with Crippen LogP contribution in [-0.2, 0) is 4.79 Å². The lowest BCUT2D eigenvalue weighted by atomic mass is 9.87. The molecule has 2 saturated carbocycles. The molecule has 6 heteroatoms. The maximum Gasteiger partial charge on any atom is 0.264 e. The minimum atomic E-state index is -0.462. The molecule has 2 bridgehead atoms. The summed E-state index contributed by atoms with van der Waals surface area (Å²) in [6.45, 7) is 3.59. The van der Waals surface area contributed by atoms with Crippen molar-refractivity contribution in [2.24, 2.45) is 22.7 Å². The molecular formula is C24H31N3O2S. The van der Waals surface area contributed by atoms with Crippen LogP contribution < -0.4 is 5.32 Å².